The Bertz CT molecular complexity index is 9.61. The van der Waals surface area contributed by atoms with Gasteiger partial charge >= 0.3 is 29.6 Å². The molecule has 0 aromatic heterocycles. The molecule has 4 heavy (non-hydrogen) atoms. The van der Waals surface area contributed by atoms with Crippen molar-refractivity contribution in [2.75, 3.05) is 0 Å². The van der Waals surface area contributed by atoms with E-state index < -0.39 is 0 Å². The van der Waals surface area contributed by atoms with Crippen molar-refractivity contribution in [3.63, 3.8) is 0 Å². The molecule has 0 radical (unpaired) electrons. The predicted octanol–water partition coefficient (Wildman–Crippen LogP) is -2.22. The van der Waals surface area contributed by atoms with Crippen molar-refractivity contribution in [2.24, 2.45) is 0 Å². The summed E-state index contributed by atoms with van der Waals surface area (Å²) in [5.41, 5.74) is 0. The Labute approximate surface area is 52.4 Å². The molecule has 0 saturated heterocycles. The van der Waals surface area contributed by atoms with E-state index in [1.54, 1.807) is 0 Å². The van der Waals surface area contributed by atoms with Crippen LogP contribution in [0, 0.1) is 0 Å². The molecule has 0 atom stereocenters. The normalized spacial score (nSPS) is 4.50. The van der Waals surface area contributed by atoms with E-state index in [0.29, 0.717) is 0 Å². The maximum atomic E-state index is 7.04. The number of rotatable bonds is 0. The largest absolute Gasteiger partial charge is 1.00 e. The fourth-order valence-corrected chi connectivity index (χ4v) is 0. The third-order valence-corrected chi connectivity index (χ3v) is 0. The predicted molar refractivity (Wildman–Crippen MR) is 14.0 cm³/mol. The number of hydrogen-bond donors (Lipinski definition) is 2. The first-order valence-corrected chi connectivity index (χ1v) is 1.10. The molecule has 0 saturated carbocycles. The molecular formula is H3NaO2S. The van der Waals surface area contributed by atoms with E-state index in [1.165, 1.54) is 0 Å². The summed E-state index contributed by atoms with van der Waals surface area (Å²) >= 11 is -0.250. The average molecular weight is 90.1 g/mol. The van der Waals surface area contributed by atoms with Crippen molar-refractivity contribution in [1.29, 1.82) is 0 Å². The van der Waals surface area contributed by atoms with Crippen LogP contribution in [0.2, 0.25) is 0 Å². The smallest absolute Gasteiger partial charge is 1.00 e. The van der Waals surface area contributed by atoms with Gasteiger partial charge in [0.25, 0.3) is 0 Å². The van der Waals surface area contributed by atoms with Gasteiger partial charge in [-0.25, -0.2) is 0 Å². The van der Waals surface area contributed by atoms with Crippen molar-refractivity contribution in [3.05, 3.63) is 0 Å². The standard InChI is InChI=1S/Na.H2O2S.H/c;1-3-2;/h;1-2H;/q+1;;-1. The van der Waals surface area contributed by atoms with Gasteiger partial charge in [0.05, 0.1) is 0 Å². The fourth-order valence-electron chi connectivity index (χ4n) is 0. The number of hydrogen-bond acceptors (Lipinski definition) is 3. The topological polar surface area (TPSA) is 40.5 Å². The molecule has 22 valence electrons. The van der Waals surface area contributed by atoms with Crippen molar-refractivity contribution in [3.8, 4) is 0 Å². The van der Waals surface area contributed by atoms with Crippen LogP contribution in [-0.2, 0) is 0 Å². The van der Waals surface area contributed by atoms with Gasteiger partial charge in [-0.15, -0.1) is 0 Å². The van der Waals surface area contributed by atoms with Crippen LogP contribution in [0.3, 0.4) is 0 Å². The molecule has 0 aliphatic rings. The third-order valence-electron chi connectivity index (χ3n) is 0. The molecule has 0 amide bonds. The van der Waals surface area contributed by atoms with Crippen molar-refractivity contribution < 1.29 is 40.1 Å². The molecule has 0 fully saturated rings. The summed E-state index contributed by atoms with van der Waals surface area (Å²) in [6, 6.07) is 0. The minimum absolute atomic E-state index is 0. The molecule has 0 aliphatic carbocycles. The second-order valence-electron chi connectivity index (χ2n) is 0.0816. The molecule has 2 N–H and O–H groups in total. The van der Waals surface area contributed by atoms with Gasteiger partial charge in [0.1, 0.15) is 0 Å². The molecular weight excluding hydrogens is 87.1 g/mol. The van der Waals surface area contributed by atoms with E-state index in [-0.39, 0.29) is 43.3 Å². The van der Waals surface area contributed by atoms with Crippen LogP contribution >= 0.6 is 12.3 Å². The maximum absolute atomic E-state index is 7.04. The zero-order valence-corrected chi connectivity index (χ0v) is 5.12. The molecule has 0 rings (SSSR count). The monoisotopic (exact) mass is 90.0 g/mol. The van der Waals surface area contributed by atoms with Gasteiger partial charge in [-0.1, -0.05) is 0 Å². The van der Waals surface area contributed by atoms with Crippen LogP contribution in [0.15, 0.2) is 0 Å². The molecule has 0 aliphatic heterocycles. The molecule has 0 spiro atoms. The second-order valence-corrected chi connectivity index (χ2v) is 0.245. The van der Waals surface area contributed by atoms with Crippen molar-refractivity contribution in [2.45, 2.75) is 0 Å². The minimum Gasteiger partial charge on any atom is -1.00 e. The Balaban J connectivity index is -0.0000000200. The summed E-state index contributed by atoms with van der Waals surface area (Å²) in [4.78, 5) is 0. The second kappa shape index (κ2) is 8.86. The summed E-state index contributed by atoms with van der Waals surface area (Å²) in [6.07, 6.45) is 0. The Morgan fingerprint density at radius 2 is 1.50 bits per heavy atom. The van der Waals surface area contributed by atoms with Gasteiger partial charge < -0.3 is 10.5 Å². The molecule has 0 unspecified atom stereocenters. The van der Waals surface area contributed by atoms with Crippen molar-refractivity contribution in [1.82, 2.24) is 0 Å². The first-order valence-electron chi connectivity index (χ1n) is 0.365. The van der Waals surface area contributed by atoms with Gasteiger partial charge in [0, 0.05) is 0 Å². The molecule has 0 aromatic rings. The first-order chi connectivity index (χ1) is 1.41. The van der Waals surface area contributed by atoms with E-state index in [4.69, 9.17) is 9.11 Å². The van der Waals surface area contributed by atoms with Crippen LogP contribution in [-0.4, -0.2) is 9.11 Å². The van der Waals surface area contributed by atoms with Crippen LogP contribution in [0.1, 0.15) is 1.43 Å². The van der Waals surface area contributed by atoms with E-state index in [2.05, 4.69) is 0 Å². The van der Waals surface area contributed by atoms with E-state index in [0.717, 1.165) is 0 Å². The van der Waals surface area contributed by atoms with Gasteiger partial charge in [-0.2, -0.15) is 0 Å². The SMILES string of the molecule is OSO.[H-].[Na+]. The van der Waals surface area contributed by atoms with Crippen LogP contribution < -0.4 is 29.6 Å². The van der Waals surface area contributed by atoms with Crippen molar-refractivity contribution >= 4 is 12.3 Å². The Morgan fingerprint density at radius 3 is 1.50 bits per heavy atom. The van der Waals surface area contributed by atoms with E-state index in [9.17, 15) is 0 Å². The van der Waals surface area contributed by atoms with Gasteiger partial charge in [0.2, 0.25) is 0 Å². The average Bonchev–Trinajstić information content (AvgIpc) is 0.918. The zero-order chi connectivity index (χ0) is 2.71. The zero-order valence-electron chi connectivity index (χ0n) is 3.30. The molecule has 0 heterocycles. The molecule has 0 bridgehead atoms. The van der Waals surface area contributed by atoms with Crippen LogP contribution in [0.25, 0.3) is 0 Å². The summed E-state index contributed by atoms with van der Waals surface area (Å²) in [6.45, 7) is 0. The van der Waals surface area contributed by atoms with Gasteiger partial charge in [0.15, 0.2) is 12.3 Å². The first kappa shape index (κ1) is 8.99. The van der Waals surface area contributed by atoms with E-state index >= 15 is 0 Å². The van der Waals surface area contributed by atoms with Crippen LogP contribution in [0.5, 0.6) is 0 Å². The molecule has 4 heteroatoms. The minimum atomic E-state index is -0.250. The summed E-state index contributed by atoms with van der Waals surface area (Å²) in [7, 11) is 0. The Morgan fingerprint density at radius 1 is 1.50 bits per heavy atom. The molecule has 0 aromatic carbocycles. The van der Waals surface area contributed by atoms with Crippen LogP contribution in [0.4, 0.5) is 0 Å². The molecule has 2 nitrogen and oxygen atoms in total. The third kappa shape index (κ3) is 10.4. The maximum Gasteiger partial charge on any atom is 1.00 e. The summed E-state index contributed by atoms with van der Waals surface area (Å²) in [5, 5.41) is 0. The Hall–Kier alpha value is 1.27. The van der Waals surface area contributed by atoms with Gasteiger partial charge in [-0.05, 0) is 0 Å². The quantitative estimate of drug-likeness (QED) is 0.261. The Kier molecular flexibility index (Phi) is 19.9. The summed E-state index contributed by atoms with van der Waals surface area (Å²) in [5.74, 6) is 0. The van der Waals surface area contributed by atoms with Gasteiger partial charge in [-0.3, -0.25) is 0 Å². The summed E-state index contributed by atoms with van der Waals surface area (Å²) < 4.78 is 14.1. The fraction of sp³-hybridized carbons (Fsp3) is 0. The van der Waals surface area contributed by atoms with E-state index in [1.807, 2.05) is 0 Å².